The number of para-hydroxylation sites is 2. The molecule has 0 spiro atoms. The zero-order valence-corrected chi connectivity index (χ0v) is 16.0. The molecule has 0 bridgehead atoms. The molecular formula is C20H15F2N5OS. The third-order valence-electron chi connectivity index (χ3n) is 4.91. The van der Waals surface area contributed by atoms with E-state index in [2.05, 4.69) is 15.0 Å². The van der Waals surface area contributed by atoms with Crippen molar-refractivity contribution in [1.82, 2.24) is 19.9 Å². The van der Waals surface area contributed by atoms with Crippen LogP contribution < -0.4 is 4.90 Å². The summed E-state index contributed by atoms with van der Waals surface area (Å²) in [5, 5.41) is 0.627. The van der Waals surface area contributed by atoms with Gasteiger partial charge in [-0.1, -0.05) is 23.5 Å². The molecule has 1 aliphatic heterocycles. The first kappa shape index (κ1) is 17.9. The van der Waals surface area contributed by atoms with E-state index in [4.69, 9.17) is 0 Å². The van der Waals surface area contributed by atoms with E-state index in [9.17, 15) is 13.6 Å². The lowest BCUT2D eigenvalue weighted by molar-refractivity contribution is 0.0741. The van der Waals surface area contributed by atoms with E-state index in [1.165, 1.54) is 23.6 Å². The summed E-state index contributed by atoms with van der Waals surface area (Å²) in [6.45, 7) is 2.08. The molecule has 1 aliphatic rings. The number of benzene rings is 2. The van der Waals surface area contributed by atoms with Gasteiger partial charge in [-0.15, -0.1) is 0 Å². The van der Waals surface area contributed by atoms with E-state index in [0.29, 0.717) is 47.2 Å². The summed E-state index contributed by atoms with van der Waals surface area (Å²) in [6, 6.07) is 9.54. The van der Waals surface area contributed by atoms with Crippen LogP contribution in [0.15, 0.2) is 42.6 Å². The summed E-state index contributed by atoms with van der Waals surface area (Å²) in [6.07, 6.45) is 1.50. The third kappa shape index (κ3) is 3.27. The van der Waals surface area contributed by atoms with Gasteiger partial charge in [-0.3, -0.25) is 9.78 Å². The lowest BCUT2D eigenvalue weighted by Gasteiger charge is -2.34. The lowest BCUT2D eigenvalue weighted by atomic mass is 10.2. The predicted octanol–water partition coefficient (Wildman–Crippen LogP) is 3.48. The Hall–Kier alpha value is -3.20. The average molecular weight is 411 g/mol. The van der Waals surface area contributed by atoms with Crippen LogP contribution in [0, 0.1) is 11.6 Å². The maximum absolute atomic E-state index is 13.9. The van der Waals surface area contributed by atoms with Gasteiger partial charge in [0.1, 0.15) is 17.0 Å². The molecule has 0 saturated carbocycles. The van der Waals surface area contributed by atoms with Gasteiger partial charge in [0.05, 0.1) is 21.9 Å². The maximum Gasteiger partial charge on any atom is 0.274 e. The van der Waals surface area contributed by atoms with Gasteiger partial charge in [-0.25, -0.2) is 18.7 Å². The van der Waals surface area contributed by atoms with E-state index in [0.717, 1.165) is 11.6 Å². The van der Waals surface area contributed by atoms with Crippen LogP contribution in [0.4, 0.5) is 13.9 Å². The molecule has 146 valence electrons. The average Bonchev–Trinajstić information content (AvgIpc) is 3.17. The maximum atomic E-state index is 13.9. The van der Waals surface area contributed by atoms with Crippen molar-refractivity contribution in [2.24, 2.45) is 0 Å². The zero-order valence-electron chi connectivity index (χ0n) is 15.2. The second-order valence-corrected chi connectivity index (χ2v) is 7.76. The molecule has 1 amide bonds. The van der Waals surface area contributed by atoms with Gasteiger partial charge in [0.15, 0.2) is 10.9 Å². The number of anilines is 1. The molecule has 1 fully saturated rings. The molecular weight excluding hydrogens is 396 g/mol. The quantitative estimate of drug-likeness (QED) is 0.505. The van der Waals surface area contributed by atoms with Crippen molar-refractivity contribution in [2.45, 2.75) is 0 Å². The van der Waals surface area contributed by atoms with Crippen LogP contribution in [0.3, 0.4) is 0 Å². The third-order valence-corrected chi connectivity index (χ3v) is 5.97. The SMILES string of the molecule is O=C(c1cnc2ccccc2n1)N1CCN(c2nc3c(F)cc(F)cc3s2)CC1. The normalized spacial score (nSPS) is 14.7. The Balaban J connectivity index is 1.32. The fourth-order valence-corrected chi connectivity index (χ4v) is 4.46. The summed E-state index contributed by atoms with van der Waals surface area (Å²) in [5.41, 5.74) is 1.92. The number of rotatable bonds is 2. The van der Waals surface area contributed by atoms with Crippen LogP contribution in [0.2, 0.25) is 0 Å². The summed E-state index contributed by atoms with van der Waals surface area (Å²) in [4.78, 5) is 29.6. The fourth-order valence-electron chi connectivity index (χ4n) is 3.40. The van der Waals surface area contributed by atoms with Crippen molar-refractivity contribution in [3.63, 3.8) is 0 Å². The van der Waals surface area contributed by atoms with Gasteiger partial charge in [0.2, 0.25) is 0 Å². The molecule has 1 saturated heterocycles. The minimum Gasteiger partial charge on any atom is -0.345 e. The molecule has 0 atom stereocenters. The number of carbonyl (C=O) groups excluding carboxylic acids is 1. The molecule has 0 N–H and O–H groups in total. The van der Waals surface area contributed by atoms with Crippen LogP contribution in [0.5, 0.6) is 0 Å². The summed E-state index contributed by atoms with van der Waals surface area (Å²) in [7, 11) is 0. The molecule has 29 heavy (non-hydrogen) atoms. The standard InChI is InChI=1S/C20H15F2N5OS/c21-12-9-13(22)18-17(10-12)29-20(25-18)27-7-5-26(6-8-27)19(28)16-11-23-14-3-1-2-4-15(14)24-16/h1-4,9-11H,5-8H2. The molecule has 0 unspecified atom stereocenters. The first-order valence-electron chi connectivity index (χ1n) is 9.10. The Morgan fingerprint density at radius 2 is 1.76 bits per heavy atom. The molecule has 4 aromatic rings. The second kappa shape index (κ2) is 7.00. The number of amides is 1. The molecule has 5 rings (SSSR count). The molecule has 2 aromatic heterocycles. The Bertz CT molecular complexity index is 1240. The van der Waals surface area contributed by atoms with E-state index < -0.39 is 11.6 Å². The fraction of sp³-hybridized carbons (Fsp3) is 0.200. The van der Waals surface area contributed by atoms with Crippen molar-refractivity contribution in [3.05, 3.63) is 59.9 Å². The van der Waals surface area contributed by atoms with Crippen molar-refractivity contribution < 1.29 is 13.6 Å². The van der Waals surface area contributed by atoms with Crippen LogP contribution >= 0.6 is 11.3 Å². The molecule has 6 nitrogen and oxygen atoms in total. The summed E-state index contributed by atoms with van der Waals surface area (Å²) in [5.74, 6) is -1.44. The lowest BCUT2D eigenvalue weighted by Crippen LogP contribution is -2.49. The van der Waals surface area contributed by atoms with Crippen LogP contribution in [-0.2, 0) is 0 Å². The molecule has 0 radical (unpaired) electrons. The Labute approximate surface area is 168 Å². The minimum atomic E-state index is -0.661. The van der Waals surface area contributed by atoms with E-state index >= 15 is 0 Å². The van der Waals surface area contributed by atoms with E-state index in [-0.39, 0.29) is 11.4 Å². The first-order chi connectivity index (χ1) is 14.1. The van der Waals surface area contributed by atoms with E-state index in [1.807, 2.05) is 29.2 Å². The van der Waals surface area contributed by atoms with Gasteiger partial charge >= 0.3 is 0 Å². The summed E-state index contributed by atoms with van der Waals surface area (Å²) >= 11 is 1.25. The number of halogens is 2. The van der Waals surface area contributed by atoms with Crippen LogP contribution in [0.25, 0.3) is 21.3 Å². The Morgan fingerprint density at radius 1 is 1.00 bits per heavy atom. The van der Waals surface area contributed by atoms with Gasteiger partial charge in [0.25, 0.3) is 5.91 Å². The highest BCUT2D eigenvalue weighted by Crippen LogP contribution is 2.31. The number of thiazole rings is 1. The highest BCUT2D eigenvalue weighted by atomic mass is 32.1. The van der Waals surface area contributed by atoms with Gasteiger partial charge < -0.3 is 9.80 Å². The number of fused-ring (bicyclic) bond motifs is 2. The number of hydrogen-bond acceptors (Lipinski definition) is 6. The summed E-state index contributed by atoms with van der Waals surface area (Å²) < 4.78 is 27.8. The molecule has 3 heterocycles. The van der Waals surface area contributed by atoms with Crippen molar-refractivity contribution in [1.29, 1.82) is 0 Å². The molecule has 0 aliphatic carbocycles. The van der Waals surface area contributed by atoms with Crippen LogP contribution in [-0.4, -0.2) is 51.9 Å². The van der Waals surface area contributed by atoms with Gasteiger partial charge in [0, 0.05) is 32.2 Å². The van der Waals surface area contributed by atoms with Crippen molar-refractivity contribution in [3.8, 4) is 0 Å². The molecule has 9 heteroatoms. The molecule has 2 aromatic carbocycles. The van der Waals surface area contributed by atoms with Crippen molar-refractivity contribution >= 4 is 43.6 Å². The van der Waals surface area contributed by atoms with Gasteiger partial charge in [-0.2, -0.15) is 0 Å². The number of piperazine rings is 1. The van der Waals surface area contributed by atoms with Crippen molar-refractivity contribution in [2.75, 3.05) is 31.1 Å². The van der Waals surface area contributed by atoms with Gasteiger partial charge in [-0.05, 0) is 18.2 Å². The number of aromatic nitrogens is 3. The largest absolute Gasteiger partial charge is 0.345 e. The Kier molecular flexibility index (Phi) is 4.31. The second-order valence-electron chi connectivity index (χ2n) is 6.75. The smallest absolute Gasteiger partial charge is 0.274 e. The zero-order chi connectivity index (χ0) is 20.0. The number of hydrogen-bond donors (Lipinski definition) is 0. The number of nitrogens with zero attached hydrogens (tertiary/aromatic N) is 5. The van der Waals surface area contributed by atoms with Crippen LogP contribution in [0.1, 0.15) is 10.5 Å². The Morgan fingerprint density at radius 3 is 2.55 bits per heavy atom. The predicted molar refractivity (Wildman–Crippen MR) is 107 cm³/mol. The first-order valence-corrected chi connectivity index (χ1v) is 9.92. The topological polar surface area (TPSA) is 62.2 Å². The number of carbonyl (C=O) groups is 1. The monoisotopic (exact) mass is 411 g/mol. The highest BCUT2D eigenvalue weighted by Gasteiger charge is 2.25. The minimum absolute atomic E-state index is 0.166. The highest BCUT2D eigenvalue weighted by molar-refractivity contribution is 7.22. The van der Waals surface area contributed by atoms with E-state index in [1.54, 1.807) is 4.90 Å².